The van der Waals surface area contributed by atoms with Crippen molar-refractivity contribution >= 4 is 12.1 Å². The van der Waals surface area contributed by atoms with E-state index in [1.54, 1.807) is 58.9 Å². The molecule has 0 saturated carbocycles. The minimum atomic E-state index is -1.15. The number of benzene rings is 1. The molecule has 0 radical (unpaired) electrons. The average Bonchev–Trinajstić information content (AvgIpc) is 2.69. The molecule has 0 bridgehead atoms. The van der Waals surface area contributed by atoms with Crippen molar-refractivity contribution in [2.75, 3.05) is 0 Å². The molecule has 1 aliphatic rings. The Bertz CT molecular complexity index is 591. The Morgan fingerprint density at radius 2 is 1.78 bits per heavy atom. The zero-order valence-electron chi connectivity index (χ0n) is 14.1. The van der Waals surface area contributed by atoms with Gasteiger partial charge in [0.2, 0.25) is 0 Å². The summed E-state index contributed by atoms with van der Waals surface area (Å²) in [5.74, 6) is -1.11. The molecule has 1 saturated heterocycles. The predicted molar refractivity (Wildman–Crippen MR) is 83.8 cm³/mol. The molecule has 126 valence electrons. The Morgan fingerprint density at radius 3 is 2.26 bits per heavy atom. The Hall–Kier alpha value is -2.08. The van der Waals surface area contributed by atoms with E-state index < -0.39 is 35.5 Å². The lowest BCUT2D eigenvalue weighted by Crippen LogP contribution is -2.47. The molecule has 1 heterocycles. The van der Waals surface area contributed by atoms with Gasteiger partial charge in [0.25, 0.3) is 0 Å². The summed E-state index contributed by atoms with van der Waals surface area (Å²) in [6.45, 7) is 8.62. The first-order chi connectivity index (χ1) is 10.5. The summed E-state index contributed by atoms with van der Waals surface area (Å²) < 4.78 is 11.1. The molecular formula is C17H23NO5. The van der Waals surface area contributed by atoms with Crippen molar-refractivity contribution in [1.29, 1.82) is 0 Å². The van der Waals surface area contributed by atoms with Crippen LogP contribution in [0.15, 0.2) is 30.3 Å². The fraction of sp³-hybridized carbons (Fsp3) is 0.529. The third-order valence-electron chi connectivity index (χ3n) is 3.54. The van der Waals surface area contributed by atoms with Crippen molar-refractivity contribution < 1.29 is 24.2 Å². The van der Waals surface area contributed by atoms with Gasteiger partial charge in [-0.05, 0) is 40.2 Å². The van der Waals surface area contributed by atoms with E-state index in [-0.39, 0.29) is 0 Å². The molecule has 1 amide bonds. The van der Waals surface area contributed by atoms with Gasteiger partial charge in [0.05, 0.1) is 0 Å². The van der Waals surface area contributed by atoms with Crippen LogP contribution in [0.4, 0.5) is 4.79 Å². The van der Waals surface area contributed by atoms with Crippen molar-refractivity contribution in [2.45, 2.75) is 58.1 Å². The number of amides is 1. The Labute approximate surface area is 136 Å². The first-order valence-corrected chi connectivity index (χ1v) is 7.51. The zero-order valence-corrected chi connectivity index (χ0v) is 14.1. The van der Waals surface area contributed by atoms with E-state index in [0.29, 0.717) is 5.56 Å². The smallest absolute Gasteiger partial charge is 0.413 e. The molecule has 0 unspecified atom stereocenters. The Balaban J connectivity index is 2.46. The second kappa shape index (κ2) is 5.85. The Morgan fingerprint density at radius 1 is 1.22 bits per heavy atom. The Kier molecular flexibility index (Phi) is 4.39. The van der Waals surface area contributed by atoms with E-state index in [1.165, 1.54) is 4.90 Å². The van der Waals surface area contributed by atoms with E-state index >= 15 is 0 Å². The van der Waals surface area contributed by atoms with Crippen LogP contribution >= 0.6 is 0 Å². The first-order valence-electron chi connectivity index (χ1n) is 7.51. The maximum atomic E-state index is 12.7. The number of carbonyl (C=O) groups excluding carboxylic acids is 1. The number of ether oxygens (including phenoxy) is 2. The van der Waals surface area contributed by atoms with Gasteiger partial charge in [-0.3, -0.25) is 4.90 Å². The van der Waals surface area contributed by atoms with Crippen LogP contribution in [0.3, 0.4) is 0 Å². The molecule has 6 nitrogen and oxygen atoms in total. The summed E-state index contributed by atoms with van der Waals surface area (Å²) in [6.07, 6.45) is -1.75. The first kappa shape index (κ1) is 17.3. The van der Waals surface area contributed by atoms with Crippen LogP contribution in [-0.4, -0.2) is 39.5 Å². The van der Waals surface area contributed by atoms with E-state index in [2.05, 4.69) is 0 Å². The summed E-state index contributed by atoms with van der Waals surface area (Å²) in [6, 6.07) is 8.24. The van der Waals surface area contributed by atoms with Crippen molar-refractivity contribution in [3.63, 3.8) is 0 Å². The molecule has 1 aromatic rings. The molecule has 0 spiro atoms. The topological polar surface area (TPSA) is 76.1 Å². The highest BCUT2D eigenvalue weighted by atomic mass is 16.6. The van der Waals surface area contributed by atoms with Gasteiger partial charge in [-0.15, -0.1) is 0 Å². The number of hydrogen-bond donors (Lipinski definition) is 1. The third-order valence-corrected chi connectivity index (χ3v) is 3.54. The lowest BCUT2D eigenvalue weighted by Gasteiger charge is -2.35. The van der Waals surface area contributed by atoms with Gasteiger partial charge in [-0.2, -0.15) is 0 Å². The van der Waals surface area contributed by atoms with Gasteiger partial charge in [0.1, 0.15) is 17.4 Å². The maximum absolute atomic E-state index is 12.7. The molecule has 6 heteroatoms. The highest BCUT2D eigenvalue weighted by Gasteiger charge is 2.54. The van der Waals surface area contributed by atoms with E-state index in [1.807, 2.05) is 6.07 Å². The largest absolute Gasteiger partial charge is 0.479 e. The van der Waals surface area contributed by atoms with Crippen LogP contribution < -0.4 is 0 Å². The van der Waals surface area contributed by atoms with E-state index in [0.717, 1.165) is 0 Å². The molecule has 2 rings (SSSR count). The number of carbonyl (C=O) groups is 2. The van der Waals surface area contributed by atoms with Crippen LogP contribution in [0.5, 0.6) is 0 Å². The predicted octanol–water partition coefficient (Wildman–Crippen LogP) is 3.18. The monoisotopic (exact) mass is 321 g/mol. The van der Waals surface area contributed by atoms with E-state index in [4.69, 9.17) is 9.47 Å². The van der Waals surface area contributed by atoms with Crippen LogP contribution in [0.25, 0.3) is 0 Å². The average molecular weight is 321 g/mol. The number of aliphatic carboxylic acids is 1. The van der Waals surface area contributed by atoms with Crippen LogP contribution in [0.2, 0.25) is 0 Å². The quantitative estimate of drug-likeness (QED) is 0.905. The van der Waals surface area contributed by atoms with Gasteiger partial charge in [-0.1, -0.05) is 30.3 Å². The molecule has 0 aliphatic carbocycles. The van der Waals surface area contributed by atoms with E-state index in [9.17, 15) is 14.7 Å². The SMILES string of the molecule is CC(C)(C)OC(=O)N1[C@H](c2ccccc2)[C@H](C(=O)O)OC1(C)C. The van der Waals surface area contributed by atoms with Crippen molar-refractivity contribution in [3.05, 3.63) is 35.9 Å². The number of carboxylic acid groups (broad SMARTS) is 1. The summed E-state index contributed by atoms with van der Waals surface area (Å²) in [4.78, 5) is 25.6. The van der Waals surface area contributed by atoms with Gasteiger partial charge in [0.15, 0.2) is 6.10 Å². The lowest BCUT2D eigenvalue weighted by molar-refractivity contribution is -0.155. The van der Waals surface area contributed by atoms with Gasteiger partial charge < -0.3 is 14.6 Å². The summed E-state index contributed by atoms with van der Waals surface area (Å²) in [7, 11) is 0. The number of hydrogen-bond acceptors (Lipinski definition) is 4. The summed E-state index contributed by atoms with van der Waals surface area (Å²) in [5, 5.41) is 9.51. The summed E-state index contributed by atoms with van der Waals surface area (Å²) in [5.41, 5.74) is -1.09. The highest BCUT2D eigenvalue weighted by Crippen LogP contribution is 2.42. The molecule has 1 fully saturated rings. The minimum absolute atomic E-state index is 0.597. The van der Waals surface area contributed by atoms with Crippen molar-refractivity contribution in [2.24, 2.45) is 0 Å². The van der Waals surface area contributed by atoms with Gasteiger partial charge >= 0.3 is 12.1 Å². The molecular weight excluding hydrogens is 298 g/mol. The fourth-order valence-corrected chi connectivity index (χ4v) is 2.71. The third kappa shape index (κ3) is 3.64. The number of rotatable bonds is 2. The standard InChI is InChI=1S/C17H23NO5/c1-16(2,3)23-15(21)18-12(11-9-7-6-8-10-11)13(14(19)20)22-17(18,4)5/h6-10,12-13H,1-5H3,(H,19,20)/t12-,13-/m1/s1. The molecule has 23 heavy (non-hydrogen) atoms. The van der Waals surface area contributed by atoms with Crippen LogP contribution in [0.1, 0.15) is 46.2 Å². The molecule has 0 aromatic heterocycles. The van der Waals surface area contributed by atoms with Crippen LogP contribution in [0, 0.1) is 0 Å². The summed E-state index contributed by atoms with van der Waals surface area (Å²) >= 11 is 0. The van der Waals surface area contributed by atoms with Gasteiger partial charge in [-0.25, -0.2) is 9.59 Å². The normalized spacial score (nSPS) is 23.6. The van der Waals surface area contributed by atoms with Gasteiger partial charge in [0, 0.05) is 0 Å². The number of nitrogens with zero attached hydrogens (tertiary/aromatic N) is 1. The maximum Gasteiger partial charge on any atom is 0.413 e. The molecule has 1 aromatic carbocycles. The lowest BCUT2D eigenvalue weighted by atomic mass is 10.0. The van der Waals surface area contributed by atoms with Crippen molar-refractivity contribution in [1.82, 2.24) is 4.90 Å². The molecule has 2 atom stereocenters. The zero-order chi connectivity index (χ0) is 17.4. The van der Waals surface area contributed by atoms with Crippen LogP contribution in [-0.2, 0) is 14.3 Å². The molecule has 1 N–H and O–H groups in total. The number of carboxylic acids is 1. The molecule has 1 aliphatic heterocycles. The minimum Gasteiger partial charge on any atom is -0.479 e. The van der Waals surface area contributed by atoms with Crippen molar-refractivity contribution in [3.8, 4) is 0 Å². The second-order valence-electron chi connectivity index (χ2n) is 7.03. The second-order valence-corrected chi connectivity index (χ2v) is 7.03. The fourth-order valence-electron chi connectivity index (χ4n) is 2.71. The highest BCUT2D eigenvalue weighted by molar-refractivity contribution is 5.78.